The summed E-state index contributed by atoms with van der Waals surface area (Å²) in [4.78, 5) is 2.07. The molecule has 0 unspecified atom stereocenters. The number of nitrogen functional groups attached to an aromatic ring is 2. The summed E-state index contributed by atoms with van der Waals surface area (Å²) in [6, 6.07) is 5.61. The van der Waals surface area contributed by atoms with E-state index < -0.39 is 0 Å². The Labute approximate surface area is 132 Å². The van der Waals surface area contributed by atoms with Gasteiger partial charge in [0.25, 0.3) is 0 Å². The lowest BCUT2D eigenvalue weighted by Gasteiger charge is -2.20. The average molecular weight is 312 g/mol. The Balaban J connectivity index is 2.03. The van der Waals surface area contributed by atoms with Gasteiger partial charge in [-0.05, 0) is 18.2 Å². The number of ether oxygens (including phenoxy) is 3. The summed E-state index contributed by atoms with van der Waals surface area (Å²) in [5, 5.41) is 0. The summed E-state index contributed by atoms with van der Waals surface area (Å²) in [6.45, 7) is 4.75. The van der Waals surface area contributed by atoms with Crippen LogP contribution in [0.1, 0.15) is 0 Å². The normalized spacial score (nSPS) is 10.8. The van der Waals surface area contributed by atoms with E-state index in [1.807, 2.05) is 25.2 Å². The Kier molecular flexibility index (Phi) is 9.33. The molecule has 0 bridgehead atoms. The largest absolute Gasteiger partial charge is 0.397 e. The lowest BCUT2D eigenvalue weighted by Crippen LogP contribution is -2.23. The van der Waals surface area contributed by atoms with E-state index in [9.17, 15) is 0 Å². The second-order valence-electron chi connectivity index (χ2n) is 4.86. The molecule has 7 nitrogen and oxygen atoms in total. The zero-order chi connectivity index (χ0) is 16.2. The van der Waals surface area contributed by atoms with Gasteiger partial charge in [-0.25, -0.2) is 0 Å². The number of rotatable bonds is 12. The molecule has 0 fully saturated rings. The van der Waals surface area contributed by atoms with Crippen molar-refractivity contribution >= 4 is 17.1 Å². The van der Waals surface area contributed by atoms with Gasteiger partial charge in [-0.1, -0.05) is 0 Å². The third kappa shape index (κ3) is 7.46. The molecule has 0 heterocycles. The zero-order valence-electron chi connectivity index (χ0n) is 13.3. The molecule has 22 heavy (non-hydrogen) atoms. The standard InChI is InChI=1S/C15H28N4O3/c1-19(13-2-3-14(17)15(18)12-13)5-7-21-9-11-22-10-8-20-6-4-16/h2-3,12H,4-11,16-18H2,1H3. The molecular weight excluding hydrogens is 284 g/mol. The van der Waals surface area contributed by atoms with Gasteiger partial charge in [0.1, 0.15) is 0 Å². The number of hydrogen-bond acceptors (Lipinski definition) is 7. The number of likely N-dealkylation sites (N-methyl/N-ethyl adjacent to an activating group) is 1. The fourth-order valence-corrected chi connectivity index (χ4v) is 1.76. The Morgan fingerprint density at radius 3 is 2.05 bits per heavy atom. The van der Waals surface area contributed by atoms with Crippen molar-refractivity contribution in [1.29, 1.82) is 0 Å². The van der Waals surface area contributed by atoms with Crippen LogP contribution in [0.25, 0.3) is 0 Å². The van der Waals surface area contributed by atoms with Gasteiger partial charge >= 0.3 is 0 Å². The van der Waals surface area contributed by atoms with E-state index in [1.165, 1.54) is 0 Å². The first-order valence-corrected chi connectivity index (χ1v) is 7.44. The maximum absolute atomic E-state index is 5.80. The predicted molar refractivity (Wildman–Crippen MR) is 90.0 cm³/mol. The first-order chi connectivity index (χ1) is 10.6. The molecule has 0 radical (unpaired) electrons. The Hall–Kier alpha value is -1.54. The number of nitrogens with zero attached hydrogens (tertiary/aromatic N) is 1. The van der Waals surface area contributed by atoms with Crippen LogP contribution in [0.4, 0.5) is 17.1 Å². The minimum Gasteiger partial charge on any atom is -0.397 e. The van der Waals surface area contributed by atoms with Gasteiger partial charge in [-0.15, -0.1) is 0 Å². The van der Waals surface area contributed by atoms with Crippen molar-refractivity contribution in [3.8, 4) is 0 Å². The van der Waals surface area contributed by atoms with Crippen molar-refractivity contribution in [3.05, 3.63) is 18.2 Å². The molecular formula is C15H28N4O3. The molecule has 0 aliphatic carbocycles. The number of nitrogens with two attached hydrogens (primary N) is 3. The van der Waals surface area contributed by atoms with E-state index in [2.05, 4.69) is 4.90 Å². The molecule has 0 saturated heterocycles. The number of anilines is 3. The molecule has 0 saturated carbocycles. The molecule has 7 heteroatoms. The fourth-order valence-electron chi connectivity index (χ4n) is 1.76. The van der Waals surface area contributed by atoms with Crippen molar-refractivity contribution in [2.75, 3.05) is 76.1 Å². The van der Waals surface area contributed by atoms with Crippen molar-refractivity contribution < 1.29 is 14.2 Å². The van der Waals surface area contributed by atoms with E-state index in [1.54, 1.807) is 0 Å². The van der Waals surface area contributed by atoms with Gasteiger partial charge in [-0.2, -0.15) is 0 Å². The molecule has 0 atom stereocenters. The molecule has 0 aromatic heterocycles. The highest BCUT2D eigenvalue weighted by Gasteiger charge is 2.03. The highest BCUT2D eigenvalue weighted by atomic mass is 16.5. The Morgan fingerprint density at radius 2 is 1.45 bits per heavy atom. The van der Waals surface area contributed by atoms with Crippen LogP contribution < -0.4 is 22.1 Å². The van der Waals surface area contributed by atoms with Crippen LogP contribution in [0.2, 0.25) is 0 Å². The van der Waals surface area contributed by atoms with E-state index >= 15 is 0 Å². The number of benzene rings is 1. The van der Waals surface area contributed by atoms with Crippen molar-refractivity contribution in [2.24, 2.45) is 5.73 Å². The van der Waals surface area contributed by atoms with Crippen LogP contribution in [-0.4, -0.2) is 59.8 Å². The van der Waals surface area contributed by atoms with Crippen LogP contribution in [0.3, 0.4) is 0 Å². The summed E-state index contributed by atoms with van der Waals surface area (Å²) < 4.78 is 16.1. The highest BCUT2D eigenvalue weighted by Crippen LogP contribution is 2.21. The summed E-state index contributed by atoms with van der Waals surface area (Å²) in [5.74, 6) is 0. The second kappa shape index (κ2) is 11.1. The smallest absolute Gasteiger partial charge is 0.0701 e. The SMILES string of the molecule is CN(CCOCCOCCOCCN)c1ccc(N)c(N)c1. The predicted octanol–water partition coefficient (Wildman–Crippen LogP) is 0.296. The minimum absolute atomic E-state index is 0.538. The van der Waals surface area contributed by atoms with Crippen LogP contribution in [0.5, 0.6) is 0 Å². The van der Waals surface area contributed by atoms with Crippen LogP contribution in [-0.2, 0) is 14.2 Å². The fraction of sp³-hybridized carbons (Fsp3) is 0.600. The Bertz CT molecular complexity index is 418. The third-order valence-electron chi connectivity index (χ3n) is 3.09. The van der Waals surface area contributed by atoms with Gasteiger partial charge < -0.3 is 36.3 Å². The van der Waals surface area contributed by atoms with Gasteiger partial charge in [0.05, 0.1) is 51.0 Å². The van der Waals surface area contributed by atoms with Crippen molar-refractivity contribution in [2.45, 2.75) is 0 Å². The average Bonchev–Trinajstić information content (AvgIpc) is 2.51. The van der Waals surface area contributed by atoms with Crippen LogP contribution >= 0.6 is 0 Å². The summed E-state index contributed by atoms with van der Waals surface area (Å²) in [7, 11) is 1.99. The maximum Gasteiger partial charge on any atom is 0.0701 e. The topological polar surface area (TPSA) is 109 Å². The summed E-state index contributed by atoms with van der Waals surface area (Å²) in [5.41, 5.74) is 19.0. The molecule has 1 rings (SSSR count). The van der Waals surface area contributed by atoms with E-state index in [0.717, 1.165) is 12.2 Å². The Morgan fingerprint density at radius 1 is 0.864 bits per heavy atom. The molecule has 0 aliphatic rings. The second-order valence-corrected chi connectivity index (χ2v) is 4.86. The van der Waals surface area contributed by atoms with Crippen LogP contribution in [0.15, 0.2) is 18.2 Å². The first-order valence-electron chi connectivity index (χ1n) is 7.44. The van der Waals surface area contributed by atoms with Gasteiger partial charge in [0.2, 0.25) is 0 Å². The van der Waals surface area contributed by atoms with E-state index in [4.69, 9.17) is 31.4 Å². The quantitative estimate of drug-likeness (QED) is 0.376. The lowest BCUT2D eigenvalue weighted by molar-refractivity contribution is 0.0174. The van der Waals surface area contributed by atoms with Gasteiger partial charge in [0, 0.05) is 25.8 Å². The van der Waals surface area contributed by atoms with E-state index in [0.29, 0.717) is 57.6 Å². The van der Waals surface area contributed by atoms with Gasteiger partial charge in [0.15, 0.2) is 0 Å². The third-order valence-corrected chi connectivity index (χ3v) is 3.09. The lowest BCUT2D eigenvalue weighted by atomic mass is 10.2. The molecule has 0 amide bonds. The summed E-state index contributed by atoms with van der Waals surface area (Å²) >= 11 is 0. The monoisotopic (exact) mass is 312 g/mol. The molecule has 126 valence electrons. The minimum atomic E-state index is 0.538. The molecule has 1 aromatic rings. The summed E-state index contributed by atoms with van der Waals surface area (Å²) in [6.07, 6.45) is 0. The molecule has 0 aliphatic heterocycles. The maximum atomic E-state index is 5.80. The van der Waals surface area contributed by atoms with Crippen molar-refractivity contribution in [1.82, 2.24) is 0 Å². The van der Waals surface area contributed by atoms with Gasteiger partial charge in [-0.3, -0.25) is 0 Å². The number of hydrogen-bond donors (Lipinski definition) is 3. The van der Waals surface area contributed by atoms with Crippen LogP contribution in [0, 0.1) is 0 Å². The zero-order valence-corrected chi connectivity index (χ0v) is 13.3. The molecule has 6 N–H and O–H groups in total. The van der Waals surface area contributed by atoms with E-state index in [-0.39, 0.29) is 0 Å². The highest BCUT2D eigenvalue weighted by molar-refractivity contribution is 5.69. The molecule has 1 aromatic carbocycles. The van der Waals surface area contributed by atoms with Crippen molar-refractivity contribution in [3.63, 3.8) is 0 Å². The first kappa shape index (κ1) is 18.5. The molecule has 0 spiro atoms.